The number of amides is 3. The van der Waals surface area contributed by atoms with E-state index in [4.69, 9.17) is 4.52 Å². The number of carbonyl (C=O) groups is 2. The fraction of sp³-hybridized carbons (Fsp3) is 0.571. The molecule has 9 heteroatoms. The van der Waals surface area contributed by atoms with Crippen LogP contribution in [0.5, 0.6) is 0 Å². The first kappa shape index (κ1) is 20.3. The zero-order chi connectivity index (χ0) is 20.8. The molecule has 0 radical (unpaired) electrons. The van der Waals surface area contributed by atoms with Crippen molar-refractivity contribution in [3.63, 3.8) is 0 Å². The van der Waals surface area contributed by atoms with Gasteiger partial charge in [0, 0.05) is 31.2 Å². The third kappa shape index (κ3) is 5.14. The van der Waals surface area contributed by atoms with Crippen molar-refractivity contribution in [1.29, 1.82) is 0 Å². The molecule has 1 aliphatic carbocycles. The molecule has 9 nitrogen and oxygen atoms in total. The van der Waals surface area contributed by atoms with Gasteiger partial charge in [-0.2, -0.15) is 4.98 Å². The molecule has 2 N–H and O–H groups in total. The van der Waals surface area contributed by atoms with Crippen LogP contribution in [0.4, 0.5) is 4.79 Å². The van der Waals surface area contributed by atoms with Gasteiger partial charge in [0.1, 0.15) is 5.69 Å². The van der Waals surface area contributed by atoms with Crippen LogP contribution in [0.2, 0.25) is 0 Å². The molecule has 1 saturated heterocycles. The van der Waals surface area contributed by atoms with Crippen molar-refractivity contribution < 1.29 is 14.1 Å². The summed E-state index contributed by atoms with van der Waals surface area (Å²) in [4.78, 5) is 35.0. The molecule has 0 atom stereocenters. The highest BCUT2D eigenvalue weighted by Gasteiger charge is 2.28. The number of carbonyl (C=O) groups excluding carboxylic acids is 2. The molecule has 0 unspecified atom stereocenters. The van der Waals surface area contributed by atoms with Gasteiger partial charge in [-0.05, 0) is 37.8 Å². The highest BCUT2D eigenvalue weighted by Crippen LogP contribution is 2.28. The van der Waals surface area contributed by atoms with Gasteiger partial charge >= 0.3 is 6.03 Å². The van der Waals surface area contributed by atoms with Gasteiger partial charge in [0.05, 0.1) is 6.54 Å². The maximum absolute atomic E-state index is 12.5. The second-order valence-electron chi connectivity index (χ2n) is 7.99. The highest BCUT2D eigenvalue weighted by atomic mass is 16.5. The molecule has 1 aliphatic heterocycles. The van der Waals surface area contributed by atoms with Crippen molar-refractivity contribution in [1.82, 2.24) is 30.7 Å². The predicted octanol–water partition coefficient (Wildman–Crippen LogP) is 2.47. The Hall–Kier alpha value is -2.97. The van der Waals surface area contributed by atoms with Crippen LogP contribution < -0.4 is 10.6 Å². The molecule has 2 aliphatic rings. The van der Waals surface area contributed by atoms with Gasteiger partial charge in [0.15, 0.2) is 0 Å². The standard InChI is InChI=1S/C21H28N6O3/c28-18(14-23-21(29)24-16-6-2-1-3-7-16)27-12-9-15(10-13-27)20-25-19(26-30-20)17-8-4-5-11-22-17/h4-5,8,11,15-16H,1-3,6-7,9-10,12-14H2,(H2,23,24,29). The molecule has 3 heterocycles. The fourth-order valence-corrected chi connectivity index (χ4v) is 4.13. The Morgan fingerprint density at radius 3 is 2.63 bits per heavy atom. The quantitative estimate of drug-likeness (QED) is 0.780. The van der Waals surface area contributed by atoms with Gasteiger partial charge in [-0.1, -0.05) is 30.5 Å². The van der Waals surface area contributed by atoms with Crippen LogP contribution >= 0.6 is 0 Å². The van der Waals surface area contributed by atoms with E-state index in [-0.39, 0.29) is 30.4 Å². The van der Waals surface area contributed by atoms with Gasteiger partial charge in [-0.15, -0.1) is 0 Å². The third-order valence-corrected chi connectivity index (χ3v) is 5.87. The van der Waals surface area contributed by atoms with Crippen molar-refractivity contribution in [2.75, 3.05) is 19.6 Å². The van der Waals surface area contributed by atoms with E-state index in [9.17, 15) is 9.59 Å². The largest absolute Gasteiger partial charge is 0.341 e. The molecule has 2 fully saturated rings. The van der Waals surface area contributed by atoms with E-state index < -0.39 is 0 Å². The minimum absolute atomic E-state index is 0.0214. The van der Waals surface area contributed by atoms with Crippen LogP contribution in [0.15, 0.2) is 28.9 Å². The number of nitrogens with zero attached hydrogens (tertiary/aromatic N) is 4. The van der Waals surface area contributed by atoms with Crippen LogP contribution in [0.1, 0.15) is 56.8 Å². The summed E-state index contributed by atoms with van der Waals surface area (Å²) in [5.74, 6) is 1.14. The molecule has 3 amide bonds. The Bertz CT molecular complexity index is 841. The van der Waals surface area contributed by atoms with Crippen LogP contribution in [0.25, 0.3) is 11.5 Å². The van der Waals surface area contributed by atoms with Crippen molar-refractivity contribution >= 4 is 11.9 Å². The first-order valence-electron chi connectivity index (χ1n) is 10.8. The van der Waals surface area contributed by atoms with Gasteiger partial charge in [-0.3, -0.25) is 9.78 Å². The van der Waals surface area contributed by atoms with Crippen molar-refractivity contribution in [2.24, 2.45) is 0 Å². The number of hydrogen-bond acceptors (Lipinski definition) is 6. The van der Waals surface area contributed by atoms with Crippen LogP contribution in [0.3, 0.4) is 0 Å². The van der Waals surface area contributed by atoms with E-state index in [0.29, 0.717) is 30.5 Å². The Morgan fingerprint density at radius 2 is 1.90 bits per heavy atom. The zero-order valence-corrected chi connectivity index (χ0v) is 17.0. The molecule has 0 bridgehead atoms. The van der Waals surface area contributed by atoms with Gasteiger partial charge in [0.2, 0.25) is 17.6 Å². The SMILES string of the molecule is O=C(NCC(=O)N1CCC(c2nc(-c3ccccn3)no2)CC1)NC1CCCCC1. The van der Waals surface area contributed by atoms with E-state index >= 15 is 0 Å². The maximum atomic E-state index is 12.5. The number of pyridine rings is 1. The average Bonchev–Trinajstić information content (AvgIpc) is 3.29. The molecule has 160 valence electrons. The van der Waals surface area contributed by atoms with Crippen LogP contribution in [-0.4, -0.2) is 57.6 Å². The maximum Gasteiger partial charge on any atom is 0.315 e. The Kier molecular flexibility index (Phi) is 6.56. The molecule has 0 spiro atoms. The minimum atomic E-state index is -0.252. The molecule has 0 aromatic carbocycles. The van der Waals surface area contributed by atoms with Gasteiger partial charge in [-0.25, -0.2) is 4.79 Å². The number of aromatic nitrogens is 3. The van der Waals surface area contributed by atoms with E-state index in [1.54, 1.807) is 11.1 Å². The lowest BCUT2D eigenvalue weighted by Gasteiger charge is -2.30. The van der Waals surface area contributed by atoms with E-state index in [1.807, 2.05) is 18.2 Å². The Morgan fingerprint density at radius 1 is 1.10 bits per heavy atom. The molecule has 2 aromatic heterocycles. The summed E-state index contributed by atoms with van der Waals surface area (Å²) in [6.45, 7) is 1.24. The lowest BCUT2D eigenvalue weighted by atomic mass is 9.96. The molecule has 30 heavy (non-hydrogen) atoms. The van der Waals surface area contributed by atoms with Crippen molar-refractivity contribution in [2.45, 2.75) is 56.9 Å². The topological polar surface area (TPSA) is 113 Å². The smallest absolute Gasteiger partial charge is 0.315 e. The lowest BCUT2D eigenvalue weighted by molar-refractivity contribution is -0.131. The number of piperidine rings is 1. The molecule has 2 aromatic rings. The normalized spacial score (nSPS) is 18.2. The van der Waals surface area contributed by atoms with E-state index in [0.717, 1.165) is 38.5 Å². The monoisotopic (exact) mass is 412 g/mol. The summed E-state index contributed by atoms with van der Waals surface area (Å²) >= 11 is 0. The van der Waals surface area contributed by atoms with Crippen LogP contribution in [-0.2, 0) is 4.79 Å². The second kappa shape index (κ2) is 9.69. The van der Waals surface area contributed by atoms with Gasteiger partial charge < -0.3 is 20.1 Å². The number of rotatable bonds is 5. The highest BCUT2D eigenvalue weighted by molar-refractivity contribution is 5.84. The Labute approximate surface area is 175 Å². The summed E-state index contributed by atoms with van der Waals surface area (Å²) < 4.78 is 5.44. The molecule has 1 saturated carbocycles. The summed E-state index contributed by atoms with van der Waals surface area (Å²) in [6, 6.07) is 5.54. The first-order chi connectivity index (χ1) is 14.7. The number of nitrogens with one attached hydrogen (secondary N) is 2. The summed E-state index contributed by atoms with van der Waals surface area (Å²) in [5, 5.41) is 9.70. The fourth-order valence-electron chi connectivity index (χ4n) is 4.13. The number of likely N-dealkylation sites (tertiary alicyclic amines) is 1. The van der Waals surface area contributed by atoms with Crippen molar-refractivity contribution in [3.05, 3.63) is 30.3 Å². The lowest BCUT2D eigenvalue weighted by Crippen LogP contribution is -2.48. The van der Waals surface area contributed by atoms with Gasteiger partial charge in [0.25, 0.3) is 0 Å². The summed E-state index contributed by atoms with van der Waals surface area (Å²) in [7, 11) is 0. The summed E-state index contributed by atoms with van der Waals surface area (Å²) in [5.41, 5.74) is 0.678. The molecular weight excluding hydrogens is 384 g/mol. The Balaban J connectivity index is 1.21. The van der Waals surface area contributed by atoms with E-state index in [1.165, 1.54) is 6.42 Å². The molecule has 4 rings (SSSR count). The van der Waals surface area contributed by atoms with Crippen LogP contribution in [0, 0.1) is 0 Å². The molecular formula is C21H28N6O3. The number of urea groups is 1. The van der Waals surface area contributed by atoms with Crippen molar-refractivity contribution in [3.8, 4) is 11.5 Å². The van der Waals surface area contributed by atoms with E-state index in [2.05, 4.69) is 25.8 Å². The number of hydrogen-bond donors (Lipinski definition) is 2. The third-order valence-electron chi connectivity index (χ3n) is 5.87. The second-order valence-corrected chi connectivity index (χ2v) is 7.99. The minimum Gasteiger partial charge on any atom is -0.341 e. The average molecular weight is 412 g/mol. The predicted molar refractivity (Wildman–Crippen MR) is 109 cm³/mol. The summed E-state index contributed by atoms with van der Waals surface area (Å²) in [6.07, 6.45) is 8.79. The zero-order valence-electron chi connectivity index (χ0n) is 17.0. The first-order valence-corrected chi connectivity index (χ1v) is 10.8.